The molecular weight excluding hydrogens is 271 g/mol. The molecule has 0 aliphatic heterocycles. The number of rotatable bonds is 3. The summed E-state index contributed by atoms with van der Waals surface area (Å²) in [6.45, 7) is 0. The number of halogens is 2. The Morgan fingerprint density at radius 2 is 1.83 bits per heavy atom. The minimum Gasteiger partial charge on any atom is -0.384 e. The summed E-state index contributed by atoms with van der Waals surface area (Å²) in [6.07, 6.45) is 0. The van der Waals surface area contributed by atoms with E-state index in [2.05, 4.69) is 0 Å². The largest absolute Gasteiger partial charge is 0.384 e. The van der Waals surface area contributed by atoms with Crippen LogP contribution in [0.2, 0.25) is 5.02 Å². The molecule has 0 fully saturated rings. The number of benzene rings is 2. The van der Waals surface area contributed by atoms with Crippen molar-refractivity contribution in [2.24, 2.45) is 5.73 Å². The molecule has 3 N–H and O–H groups in total. The van der Waals surface area contributed by atoms with Gasteiger partial charge >= 0.3 is 0 Å². The van der Waals surface area contributed by atoms with Crippen molar-refractivity contribution < 1.29 is 4.39 Å². The van der Waals surface area contributed by atoms with Gasteiger partial charge in [-0.15, -0.1) is 0 Å². The molecule has 0 heterocycles. The molecule has 2 aromatic rings. The van der Waals surface area contributed by atoms with Crippen LogP contribution >= 0.6 is 23.4 Å². The maximum absolute atomic E-state index is 12.8. The highest BCUT2D eigenvalue weighted by atomic mass is 35.5. The van der Waals surface area contributed by atoms with Crippen LogP contribution in [0.4, 0.5) is 4.39 Å². The molecule has 18 heavy (non-hydrogen) atoms. The topological polar surface area (TPSA) is 49.9 Å². The summed E-state index contributed by atoms with van der Waals surface area (Å²) in [4.78, 5) is 1.64. The van der Waals surface area contributed by atoms with Gasteiger partial charge in [0.15, 0.2) is 0 Å². The fourth-order valence-electron chi connectivity index (χ4n) is 1.43. The molecule has 0 aliphatic rings. The first kappa shape index (κ1) is 12.9. The van der Waals surface area contributed by atoms with Gasteiger partial charge in [0.25, 0.3) is 0 Å². The van der Waals surface area contributed by atoms with Crippen molar-refractivity contribution in [1.29, 1.82) is 5.41 Å². The van der Waals surface area contributed by atoms with Crippen LogP contribution in [0.15, 0.2) is 52.3 Å². The van der Waals surface area contributed by atoms with Crippen LogP contribution in [0.1, 0.15) is 5.56 Å². The zero-order valence-electron chi connectivity index (χ0n) is 9.28. The summed E-state index contributed by atoms with van der Waals surface area (Å²) in [6, 6.07) is 11.3. The van der Waals surface area contributed by atoms with Gasteiger partial charge in [-0.2, -0.15) is 0 Å². The standard InChI is InChI=1S/C13H10ClFN2S/c14-8-1-6-11(13(16)17)12(7-8)18-10-4-2-9(15)3-5-10/h1-7H,(H3,16,17). The summed E-state index contributed by atoms with van der Waals surface area (Å²) in [7, 11) is 0. The van der Waals surface area contributed by atoms with Crippen LogP contribution in [0.25, 0.3) is 0 Å². The van der Waals surface area contributed by atoms with E-state index in [9.17, 15) is 4.39 Å². The second-order valence-electron chi connectivity index (χ2n) is 3.61. The van der Waals surface area contributed by atoms with Gasteiger partial charge in [-0.1, -0.05) is 23.4 Å². The lowest BCUT2D eigenvalue weighted by atomic mass is 10.2. The predicted octanol–water partition coefficient (Wildman–Crippen LogP) is 3.91. The van der Waals surface area contributed by atoms with Gasteiger partial charge in [-0.3, -0.25) is 5.41 Å². The van der Waals surface area contributed by atoms with Gasteiger partial charge in [0.05, 0.1) is 0 Å². The summed E-state index contributed by atoms with van der Waals surface area (Å²) in [5.74, 6) is -0.298. The van der Waals surface area contributed by atoms with E-state index in [0.717, 1.165) is 9.79 Å². The molecule has 2 aromatic carbocycles. The van der Waals surface area contributed by atoms with Crippen LogP contribution in [0, 0.1) is 11.2 Å². The van der Waals surface area contributed by atoms with E-state index >= 15 is 0 Å². The Balaban J connectivity index is 2.35. The Labute approximate surface area is 113 Å². The van der Waals surface area contributed by atoms with Crippen molar-refractivity contribution in [1.82, 2.24) is 0 Å². The van der Waals surface area contributed by atoms with Gasteiger partial charge in [-0.05, 0) is 42.5 Å². The number of amidine groups is 1. The van der Waals surface area contributed by atoms with Gasteiger partial charge in [-0.25, -0.2) is 4.39 Å². The minimum atomic E-state index is -0.280. The van der Waals surface area contributed by atoms with E-state index in [1.807, 2.05) is 0 Å². The summed E-state index contributed by atoms with van der Waals surface area (Å²) in [5.41, 5.74) is 6.13. The van der Waals surface area contributed by atoms with Crippen LogP contribution < -0.4 is 5.73 Å². The Kier molecular flexibility index (Phi) is 3.89. The Hall–Kier alpha value is -1.52. The van der Waals surface area contributed by atoms with Gasteiger partial charge in [0.2, 0.25) is 0 Å². The molecule has 2 rings (SSSR count). The first-order valence-corrected chi connectivity index (χ1v) is 6.33. The molecule has 0 bridgehead atoms. The molecule has 0 aromatic heterocycles. The lowest BCUT2D eigenvalue weighted by Crippen LogP contribution is -2.12. The Bertz CT molecular complexity index is 584. The second kappa shape index (κ2) is 5.42. The zero-order valence-corrected chi connectivity index (χ0v) is 10.9. The first-order valence-electron chi connectivity index (χ1n) is 5.13. The van der Waals surface area contributed by atoms with Crippen molar-refractivity contribution in [3.63, 3.8) is 0 Å². The quantitative estimate of drug-likeness (QED) is 0.661. The molecule has 0 spiro atoms. The molecule has 0 unspecified atom stereocenters. The highest BCUT2D eigenvalue weighted by Crippen LogP contribution is 2.32. The molecule has 0 amide bonds. The number of hydrogen-bond acceptors (Lipinski definition) is 2. The predicted molar refractivity (Wildman–Crippen MR) is 73.0 cm³/mol. The van der Waals surface area contributed by atoms with E-state index in [1.54, 1.807) is 30.3 Å². The maximum atomic E-state index is 12.8. The highest BCUT2D eigenvalue weighted by Gasteiger charge is 2.08. The fraction of sp³-hybridized carbons (Fsp3) is 0. The van der Waals surface area contributed by atoms with Crippen molar-refractivity contribution in [3.8, 4) is 0 Å². The fourth-order valence-corrected chi connectivity index (χ4v) is 2.67. The van der Waals surface area contributed by atoms with Crippen molar-refractivity contribution in [2.75, 3.05) is 0 Å². The summed E-state index contributed by atoms with van der Waals surface area (Å²) < 4.78 is 12.8. The minimum absolute atomic E-state index is 0.0173. The molecular formula is C13H10ClFN2S. The maximum Gasteiger partial charge on any atom is 0.123 e. The number of nitrogen functional groups attached to an aromatic ring is 1. The van der Waals surface area contributed by atoms with E-state index in [1.165, 1.54) is 23.9 Å². The lowest BCUT2D eigenvalue weighted by molar-refractivity contribution is 0.626. The van der Waals surface area contributed by atoms with Crippen molar-refractivity contribution in [3.05, 3.63) is 58.9 Å². The Morgan fingerprint density at radius 3 is 2.44 bits per heavy atom. The molecule has 0 saturated heterocycles. The van der Waals surface area contributed by atoms with E-state index in [-0.39, 0.29) is 11.7 Å². The van der Waals surface area contributed by atoms with Crippen LogP contribution in [-0.4, -0.2) is 5.84 Å². The molecule has 0 atom stereocenters. The third-order valence-electron chi connectivity index (χ3n) is 2.28. The van der Waals surface area contributed by atoms with Gasteiger partial charge < -0.3 is 5.73 Å². The molecule has 0 saturated carbocycles. The smallest absolute Gasteiger partial charge is 0.123 e. The van der Waals surface area contributed by atoms with Crippen molar-refractivity contribution in [2.45, 2.75) is 9.79 Å². The number of nitrogens with one attached hydrogen (secondary N) is 1. The number of nitrogens with two attached hydrogens (primary N) is 1. The first-order chi connectivity index (χ1) is 8.56. The normalized spacial score (nSPS) is 10.3. The molecule has 0 radical (unpaired) electrons. The third kappa shape index (κ3) is 3.03. The summed E-state index contributed by atoms with van der Waals surface area (Å²) in [5, 5.41) is 8.08. The monoisotopic (exact) mass is 280 g/mol. The number of hydrogen-bond donors (Lipinski definition) is 2. The van der Waals surface area contributed by atoms with Crippen LogP contribution in [0.5, 0.6) is 0 Å². The SMILES string of the molecule is N=C(N)c1ccc(Cl)cc1Sc1ccc(F)cc1. The second-order valence-corrected chi connectivity index (χ2v) is 5.16. The molecule has 2 nitrogen and oxygen atoms in total. The molecule has 5 heteroatoms. The van der Waals surface area contributed by atoms with E-state index < -0.39 is 0 Å². The van der Waals surface area contributed by atoms with Gasteiger partial charge in [0.1, 0.15) is 11.7 Å². The van der Waals surface area contributed by atoms with E-state index in [4.69, 9.17) is 22.7 Å². The van der Waals surface area contributed by atoms with E-state index in [0.29, 0.717) is 10.6 Å². The van der Waals surface area contributed by atoms with Crippen LogP contribution in [-0.2, 0) is 0 Å². The average molecular weight is 281 g/mol. The van der Waals surface area contributed by atoms with Crippen LogP contribution in [0.3, 0.4) is 0 Å². The molecule has 92 valence electrons. The van der Waals surface area contributed by atoms with Crippen molar-refractivity contribution >= 4 is 29.2 Å². The third-order valence-corrected chi connectivity index (χ3v) is 3.58. The average Bonchev–Trinajstić information content (AvgIpc) is 2.32. The Morgan fingerprint density at radius 1 is 1.17 bits per heavy atom. The summed E-state index contributed by atoms with van der Waals surface area (Å²) >= 11 is 7.32. The zero-order chi connectivity index (χ0) is 13.1. The lowest BCUT2D eigenvalue weighted by Gasteiger charge is -2.08. The van der Waals surface area contributed by atoms with Gasteiger partial charge in [0, 0.05) is 20.4 Å². The molecule has 0 aliphatic carbocycles. The highest BCUT2D eigenvalue weighted by molar-refractivity contribution is 7.99.